The molecule has 0 heterocycles. The maximum atomic E-state index is 11.0. The fourth-order valence-corrected chi connectivity index (χ4v) is 2.62. The largest absolute Gasteiger partial charge is 0.379 e. The zero-order valence-corrected chi connectivity index (χ0v) is 11.0. The van der Waals surface area contributed by atoms with Gasteiger partial charge in [-0.3, -0.25) is 10.1 Å². The molecule has 19 heavy (non-hydrogen) atoms. The minimum atomic E-state index is -0.416. The van der Waals surface area contributed by atoms with Gasteiger partial charge in [-0.05, 0) is 30.4 Å². The van der Waals surface area contributed by atoms with Crippen LogP contribution in [-0.2, 0) is 0 Å². The molecule has 1 aromatic carbocycles. The van der Waals surface area contributed by atoms with E-state index < -0.39 is 4.92 Å². The molecule has 0 atom stereocenters. The van der Waals surface area contributed by atoms with Crippen molar-refractivity contribution in [2.75, 3.05) is 11.9 Å². The second-order valence-electron chi connectivity index (χ2n) is 5.47. The lowest BCUT2D eigenvalue weighted by Crippen LogP contribution is -2.23. The van der Waals surface area contributed by atoms with E-state index in [1.54, 1.807) is 6.07 Å². The summed E-state index contributed by atoms with van der Waals surface area (Å²) in [6.07, 6.45) is 4.73. The van der Waals surface area contributed by atoms with E-state index in [-0.39, 0.29) is 11.1 Å². The highest BCUT2D eigenvalue weighted by Gasteiger charge is 2.29. The van der Waals surface area contributed by atoms with Crippen LogP contribution in [0.2, 0.25) is 0 Å². The Bertz CT molecular complexity index is 528. The van der Waals surface area contributed by atoms with Crippen LogP contribution in [0.5, 0.6) is 0 Å². The van der Waals surface area contributed by atoms with Crippen molar-refractivity contribution in [3.8, 4) is 6.07 Å². The molecule has 0 amide bonds. The number of hydrogen-bond donors (Lipinski definition) is 1. The van der Waals surface area contributed by atoms with Gasteiger partial charge in [0.15, 0.2) is 0 Å². The van der Waals surface area contributed by atoms with Crippen LogP contribution in [0.4, 0.5) is 11.4 Å². The van der Waals surface area contributed by atoms with E-state index in [1.165, 1.54) is 25.0 Å². The molecule has 0 radical (unpaired) electrons. The molecule has 1 aliphatic carbocycles. The van der Waals surface area contributed by atoms with E-state index in [2.05, 4.69) is 12.2 Å². The Morgan fingerprint density at radius 3 is 2.74 bits per heavy atom. The lowest BCUT2D eigenvalue weighted by molar-refractivity contribution is -0.384. The molecule has 100 valence electrons. The molecule has 0 bridgehead atoms. The molecular weight excluding hydrogens is 242 g/mol. The summed E-state index contributed by atoms with van der Waals surface area (Å²) in [6, 6.07) is 6.42. The minimum absolute atomic E-state index is 0.0283. The molecule has 5 heteroatoms. The van der Waals surface area contributed by atoms with E-state index >= 15 is 0 Å². The van der Waals surface area contributed by atoms with Gasteiger partial charge in [-0.15, -0.1) is 0 Å². The number of nitro benzene ring substituents is 1. The number of benzene rings is 1. The number of nitrogens with zero attached hydrogens (tertiary/aromatic N) is 2. The average Bonchev–Trinajstić information content (AvgIpc) is 2.83. The second kappa shape index (κ2) is 5.27. The summed E-state index contributed by atoms with van der Waals surface area (Å²) in [6.45, 7) is 2.91. The highest BCUT2D eigenvalue weighted by Crippen LogP contribution is 2.38. The summed E-state index contributed by atoms with van der Waals surface area (Å²) in [7, 11) is 0. The van der Waals surface area contributed by atoms with Crippen LogP contribution in [0.15, 0.2) is 18.2 Å². The van der Waals surface area contributed by atoms with E-state index in [1.807, 2.05) is 6.07 Å². The average molecular weight is 259 g/mol. The quantitative estimate of drug-likeness (QED) is 0.663. The van der Waals surface area contributed by atoms with Crippen LogP contribution in [0.1, 0.15) is 38.2 Å². The van der Waals surface area contributed by atoms with Crippen molar-refractivity contribution in [3.05, 3.63) is 33.9 Å². The summed E-state index contributed by atoms with van der Waals surface area (Å²) < 4.78 is 0. The lowest BCUT2D eigenvalue weighted by Gasteiger charge is -2.24. The number of anilines is 1. The van der Waals surface area contributed by atoms with Gasteiger partial charge in [0.1, 0.15) is 5.69 Å². The molecule has 1 N–H and O–H groups in total. The summed E-state index contributed by atoms with van der Waals surface area (Å²) in [4.78, 5) is 10.6. The van der Waals surface area contributed by atoms with Crippen LogP contribution < -0.4 is 5.32 Å². The molecule has 1 saturated carbocycles. The van der Waals surface area contributed by atoms with Crippen molar-refractivity contribution in [1.82, 2.24) is 0 Å². The predicted octanol–water partition coefficient (Wildman–Crippen LogP) is 3.46. The van der Waals surface area contributed by atoms with Gasteiger partial charge in [-0.25, -0.2) is 0 Å². The first-order chi connectivity index (χ1) is 9.04. The van der Waals surface area contributed by atoms with Gasteiger partial charge >= 0.3 is 0 Å². The molecule has 1 aliphatic rings. The van der Waals surface area contributed by atoms with Gasteiger partial charge < -0.3 is 5.32 Å². The van der Waals surface area contributed by atoms with Gasteiger partial charge in [0.2, 0.25) is 0 Å². The zero-order valence-electron chi connectivity index (χ0n) is 11.0. The molecule has 0 unspecified atom stereocenters. The first kappa shape index (κ1) is 13.3. The van der Waals surface area contributed by atoms with Crippen molar-refractivity contribution in [2.45, 2.75) is 32.6 Å². The van der Waals surface area contributed by atoms with Crippen LogP contribution in [0.25, 0.3) is 0 Å². The number of nitrogens with one attached hydrogen (secondary N) is 1. The van der Waals surface area contributed by atoms with Crippen molar-refractivity contribution in [2.24, 2.45) is 5.41 Å². The Labute approximate surface area is 112 Å². The van der Waals surface area contributed by atoms with Crippen LogP contribution >= 0.6 is 0 Å². The highest BCUT2D eigenvalue weighted by atomic mass is 16.6. The van der Waals surface area contributed by atoms with Crippen LogP contribution in [0, 0.1) is 26.9 Å². The summed E-state index contributed by atoms with van der Waals surface area (Å²) in [5, 5.41) is 23.0. The number of rotatable bonds is 4. The maximum Gasteiger partial charge on any atom is 0.292 e. The second-order valence-corrected chi connectivity index (χ2v) is 5.47. The SMILES string of the molecule is CC1(CNc2cc(C#N)ccc2[N+](=O)[O-])CCCC1. The minimum Gasteiger partial charge on any atom is -0.379 e. The number of nitro groups is 1. The topological polar surface area (TPSA) is 79.0 Å². The van der Waals surface area contributed by atoms with E-state index in [0.717, 1.165) is 12.8 Å². The Morgan fingerprint density at radius 1 is 1.47 bits per heavy atom. The number of hydrogen-bond acceptors (Lipinski definition) is 4. The lowest BCUT2D eigenvalue weighted by atomic mass is 9.89. The van der Waals surface area contributed by atoms with Crippen LogP contribution in [0.3, 0.4) is 0 Å². The standard InChI is InChI=1S/C14H17N3O2/c1-14(6-2-3-7-14)10-16-12-8-11(9-15)4-5-13(12)17(18)19/h4-5,8,16H,2-3,6-7,10H2,1H3. The molecule has 1 aromatic rings. The third-order valence-corrected chi connectivity index (χ3v) is 3.84. The van der Waals surface area contributed by atoms with Gasteiger partial charge in [0.25, 0.3) is 5.69 Å². The normalized spacial score (nSPS) is 16.8. The Morgan fingerprint density at radius 2 is 2.16 bits per heavy atom. The van der Waals surface area contributed by atoms with E-state index in [9.17, 15) is 10.1 Å². The molecule has 0 aliphatic heterocycles. The van der Waals surface area contributed by atoms with Gasteiger partial charge in [0, 0.05) is 12.6 Å². The van der Waals surface area contributed by atoms with Crippen LogP contribution in [-0.4, -0.2) is 11.5 Å². The molecule has 2 rings (SSSR count). The predicted molar refractivity (Wildman–Crippen MR) is 72.9 cm³/mol. The fourth-order valence-electron chi connectivity index (χ4n) is 2.62. The van der Waals surface area contributed by atoms with Crippen molar-refractivity contribution >= 4 is 11.4 Å². The zero-order chi connectivity index (χ0) is 13.9. The summed E-state index contributed by atoms with van der Waals surface area (Å²) in [5.74, 6) is 0. The van der Waals surface area contributed by atoms with Crippen molar-refractivity contribution < 1.29 is 4.92 Å². The van der Waals surface area contributed by atoms with E-state index in [4.69, 9.17) is 5.26 Å². The van der Waals surface area contributed by atoms with Gasteiger partial charge in [-0.2, -0.15) is 5.26 Å². The number of nitriles is 1. The first-order valence-corrected chi connectivity index (χ1v) is 6.46. The fraction of sp³-hybridized carbons (Fsp3) is 0.500. The molecule has 5 nitrogen and oxygen atoms in total. The monoisotopic (exact) mass is 259 g/mol. The Kier molecular flexibility index (Phi) is 3.70. The van der Waals surface area contributed by atoms with Gasteiger partial charge in [-0.1, -0.05) is 19.8 Å². The maximum absolute atomic E-state index is 11.0. The molecule has 0 spiro atoms. The Balaban J connectivity index is 2.18. The Hall–Kier alpha value is -2.09. The summed E-state index contributed by atoms with van der Waals surface area (Å²) in [5.41, 5.74) is 1.11. The molecule has 1 fully saturated rings. The molecular formula is C14H17N3O2. The smallest absolute Gasteiger partial charge is 0.292 e. The highest BCUT2D eigenvalue weighted by molar-refractivity contribution is 5.64. The van der Waals surface area contributed by atoms with Crippen molar-refractivity contribution in [3.63, 3.8) is 0 Å². The third-order valence-electron chi connectivity index (χ3n) is 3.84. The first-order valence-electron chi connectivity index (χ1n) is 6.46. The van der Waals surface area contributed by atoms with Crippen molar-refractivity contribution in [1.29, 1.82) is 5.26 Å². The molecule has 0 saturated heterocycles. The third kappa shape index (κ3) is 3.02. The van der Waals surface area contributed by atoms with Gasteiger partial charge in [0.05, 0.1) is 16.6 Å². The summed E-state index contributed by atoms with van der Waals surface area (Å²) >= 11 is 0. The molecule has 0 aromatic heterocycles. The van der Waals surface area contributed by atoms with E-state index in [0.29, 0.717) is 17.8 Å².